The predicted molar refractivity (Wildman–Crippen MR) is 65.5 cm³/mol. The summed E-state index contributed by atoms with van der Waals surface area (Å²) in [7, 11) is 0. The van der Waals surface area contributed by atoms with E-state index in [-0.39, 0.29) is 18.5 Å². The van der Waals surface area contributed by atoms with Gasteiger partial charge < -0.3 is 10.4 Å². The van der Waals surface area contributed by atoms with Gasteiger partial charge in [-0.25, -0.2) is 13.2 Å². The molecule has 2 N–H and O–H groups in total. The molecule has 1 aromatic rings. The molecule has 2 atom stereocenters. The monoisotopic (exact) mass is 357 g/mol. The highest BCUT2D eigenvalue weighted by atomic mass is 79.9. The van der Waals surface area contributed by atoms with Gasteiger partial charge in [-0.2, -0.15) is 0 Å². The highest BCUT2D eigenvalue weighted by molar-refractivity contribution is 9.10. The van der Waals surface area contributed by atoms with E-state index in [9.17, 15) is 18.0 Å². The number of hydrogen-bond acceptors (Lipinski definition) is 2. The van der Waals surface area contributed by atoms with Gasteiger partial charge in [0.15, 0.2) is 17.5 Å². The van der Waals surface area contributed by atoms with Gasteiger partial charge in [0.2, 0.25) is 0 Å². The standard InChI is InChI=1S/C11H8BrClF3NO2/c12-6-9(15)7(13)5(8(14)10(6)16)4-1-3(2-17-4)11(18)19/h3-4,17H,1-2H2,(H,18,19). The van der Waals surface area contributed by atoms with Crippen LogP contribution in [0.1, 0.15) is 18.0 Å². The molecule has 0 aliphatic carbocycles. The highest BCUT2D eigenvalue weighted by Crippen LogP contribution is 2.39. The van der Waals surface area contributed by atoms with Crippen molar-refractivity contribution in [2.45, 2.75) is 12.5 Å². The number of hydrogen-bond donors (Lipinski definition) is 2. The van der Waals surface area contributed by atoms with Crippen LogP contribution in [0, 0.1) is 23.4 Å². The number of halogens is 5. The van der Waals surface area contributed by atoms with Crippen molar-refractivity contribution in [3.63, 3.8) is 0 Å². The first-order valence-corrected chi connectivity index (χ1v) is 6.49. The van der Waals surface area contributed by atoms with E-state index in [0.29, 0.717) is 0 Å². The lowest BCUT2D eigenvalue weighted by atomic mass is 9.99. The van der Waals surface area contributed by atoms with E-state index in [1.165, 1.54) is 0 Å². The van der Waals surface area contributed by atoms with Gasteiger partial charge in [-0.1, -0.05) is 11.6 Å². The molecular weight excluding hydrogens is 350 g/mol. The molecule has 1 heterocycles. The Labute approximate surface area is 119 Å². The van der Waals surface area contributed by atoms with Crippen LogP contribution in [-0.4, -0.2) is 17.6 Å². The van der Waals surface area contributed by atoms with Crippen LogP contribution >= 0.6 is 27.5 Å². The summed E-state index contributed by atoms with van der Waals surface area (Å²) in [6.07, 6.45) is 0.0203. The summed E-state index contributed by atoms with van der Waals surface area (Å²) in [5.41, 5.74) is -0.372. The zero-order valence-electron chi connectivity index (χ0n) is 9.31. The Balaban J connectivity index is 2.44. The first kappa shape index (κ1) is 14.6. The van der Waals surface area contributed by atoms with Crippen molar-refractivity contribution in [1.82, 2.24) is 5.32 Å². The molecule has 0 amide bonds. The van der Waals surface area contributed by atoms with Crippen molar-refractivity contribution in [3.8, 4) is 0 Å². The largest absolute Gasteiger partial charge is 0.481 e. The minimum atomic E-state index is -1.38. The molecule has 0 spiro atoms. The average Bonchev–Trinajstić information content (AvgIpc) is 2.84. The first-order valence-electron chi connectivity index (χ1n) is 5.32. The molecule has 19 heavy (non-hydrogen) atoms. The van der Waals surface area contributed by atoms with Crippen molar-refractivity contribution in [3.05, 3.63) is 32.5 Å². The number of rotatable bonds is 2. The lowest BCUT2D eigenvalue weighted by Gasteiger charge is -2.15. The van der Waals surface area contributed by atoms with Crippen molar-refractivity contribution in [2.24, 2.45) is 5.92 Å². The number of aliphatic carboxylic acids is 1. The van der Waals surface area contributed by atoms with E-state index in [1.807, 2.05) is 0 Å². The van der Waals surface area contributed by atoms with Crippen molar-refractivity contribution < 1.29 is 23.1 Å². The second-order valence-electron chi connectivity index (χ2n) is 4.22. The lowest BCUT2D eigenvalue weighted by Crippen LogP contribution is -2.18. The molecule has 1 aromatic carbocycles. The average molecular weight is 359 g/mol. The number of carboxylic acid groups (broad SMARTS) is 1. The van der Waals surface area contributed by atoms with Crippen molar-refractivity contribution in [2.75, 3.05) is 6.54 Å². The fourth-order valence-electron chi connectivity index (χ4n) is 2.07. The van der Waals surface area contributed by atoms with E-state index >= 15 is 0 Å². The summed E-state index contributed by atoms with van der Waals surface area (Å²) in [4.78, 5) is 10.8. The van der Waals surface area contributed by atoms with E-state index in [1.54, 1.807) is 0 Å². The predicted octanol–water partition coefficient (Wildman–Crippen LogP) is 3.26. The smallest absolute Gasteiger partial charge is 0.307 e. The summed E-state index contributed by atoms with van der Waals surface area (Å²) in [5, 5.41) is 11.0. The van der Waals surface area contributed by atoms with Gasteiger partial charge in [-0.05, 0) is 22.4 Å². The lowest BCUT2D eigenvalue weighted by molar-refractivity contribution is -0.141. The molecule has 1 fully saturated rings. The fourth-order valence-corrected chi connectivity index (χ4v) is 2.87. The van der Waals surface area contributed by atoms with E-state index in [2.05, 4.69) is 21.2 Å². The Morgan fingerprint density at radius 1 is 1.32 bits per heavy atom. The molecule has 2 unspecified atom stereocenters. The second-order valence-corrected chi connectivity index (χ2v) is 5.39. The number of carboxylic acids is 1. The summed E-state index contributed by atoms with van der Waals surface area (Å²) >= 11 is 8.25. The topological polar surface area (TPSA) is 49.3 Å². The van der Waals surface area contributed by atoms with Gasteiger partial charge in [-0.3, -0.25) is 4.79 Å². The van der Waals surface area contributed by atoms with Crippen LogP contribution in [0.2, 0.25) is 5.02 Å². The van der Waals surface area contributed by atoms with Crippen LogP contribution in [0.15, 0.2) is 4.47 Å². The molecule has 1 aliphatic rings. The molecule has 0 aromatic heterocycles. The molecular formula is C11H8BrClF3NO2. The molecule has 0 bridgehead atoms. The third-order valence-corrected chi connectivity index (χ3v) is 4.14. The van der Waals surface area contributed by atoms with Crippen LogP contribution in [0.5, 0.6) is 0 Å². The summed E-state index contributed by atoms with van der Waals surface area (Å²) in [6, 6.07) is -0.828. The van der Waals surface area contributed by atoms with Gasteiger partial charge in [0, 0.05) is 18.2 Å². The number of nitrogens with one attached hydrogen (secondary N) is 1. The Kier molecular flexibility index (Phi) is 4.08. The molecule has 0 saturated carbocycles. The van der Waals surface area contributed by atoms with Gasteiger partial charge in [0.05, 0.1) is 15.4 Å². The van der Waals surface area contributed by atoms with Crippen LogP contribution in [0.25, 0.3) is 0 Å². The maximum Gasteiger partial charge on any atom is 0.307 e. The minimum absolute atomic E-state index is 0.0203. The van der Waals surface area contributed by atoms with E-state index in [4.69, 9.17) is 16.7 Å². The van der Waals surface area contributed by atoms with Crippen molar-refractivity contribution >= 4 is 33.5 Å². The summed E-state index contributed by atoms with van der Waals surface area (Å²) in [6.45, 7) is 0.0923. The van der Waals surface area contributed by atoms with Gasteiger partial charge in [0.25, 0.3) is 0 Å². The van der Waals surface area contributed by atoms with Crippen LogP contribution < -0.4 is 5.32 Å². The summed E-state index contributed by atoms with van der Waals surface area (Å²) < 4.78 is 40.3. The third kappa shape index (κ3) is 2.46. The van der Waals surface area contributed by atoms with Gasteiger partial charge in [-0.15, -0.1) is 0 Å². The number of benzene rings is 1. The Bertz CT molecular complexity index is 526. The second kappa shape index (κ2) is 5.30. The van der Waals surface area contributed by atoms with Crippen LogP contribution in [0.3, 0.4) is 0 Å². The molecule has 104 valence electrons. The third-order valence-electron chi connectivity index (χ3n) is 3.07. The van der Waals surface area contributed by atoms with Gasteiger partial charge >= 0.3 is 5.97 Å². The van der Waals surface area contributed by atoms with Crippen LogP contribution in [0.4, 0.5) is 13.2 Å². The highest BCUT2D eigenvalue weighted by Gasteiger charge is 2.35. The Hall–Kier alpha value is -0.790. The normalized spacial score (nSPS) is 22.8. The maximum atomic E-state index is 13.8. The zero-order valence-corrected chi connectivity index (χ0v) is 11.7. The quantitative estimate of drug-likeness (QED) is 0.630. The minimum Gasteiger partial charge on any atom is -0.481 e. The molecule has 8 heteroatoms. The molecule has 3 nitrogen and oxygen atoms in total. The summed E-state index contributed by atoms with van der Waals surface area (Å²) in [5.74, 6) is -5.55. The van der Waals surface area contributed by atoms with E-state index < -0.39 is 44.9 Å². The SMILES string of the molecule is O=C(O)C1CNC(c2c(F)c(F)c(Br)c(F)c2Cl)C1. The molecule has 0 radical (unpaired) electrons. The molecule has 1 aliphatic heterocycles. The van der Waals surface area contributed by atoms with Crippen LogP contribution in [-0.2, 0) is 4.79 Å². The molecule has 1 saturated heterocycles. The maximum absolute atomic E-state index is 13.8. The Morgan fingerprint density at radius 3 is 2.47 bits per heavy atom. The fraction of sp³-hybridized carbons (Fsp3) is 0.364. The molecule has 2 rings (SSSR count). The first-order chi connectivity index (χ1) is 8.84. The van der Waals surface area contributed by atoms with Gasteiger partial charge in [0.1, 0.15) is 0 Å². The Morgan fingerprint density at radius 2 is 1.95 bits per heavy atom. The zero-order chi connectivity index (χ0) is 14.3. The van der Waals surface area contributed by atoms with Crippen molar-refractivity contribution in [1.29, 1.82) is 0 Å². The number of carbonyl (C=O) groups is 1. The van der Waals surface area contributed by atoms with E-state index in [0.717, 1.165) is 0 Å².